The minimum absolute atomic E-state index is 0.270. The number of Topliss-reactive ketones (excluding diaryl/α,β-unsaturated/α-hetero) is 1. The minimum atomic E-state index is -1.63. The van der Waals surface area contributed by atoms with Crippen molar-refractivity contribution in [3.63, 3.8) is 0 Å². The lowest BCUT2D eigenvalue weighted by Crippen LogP contribution is -2.50. The fourth-order valence-electron chi connectivity index (χ4n) is 5.96. The molecule has 3 aromatic rings. The van der Waals surface area contributed by atoms with Crippen molar-refractivity contribution in [1.29, 1.82) is 0 Å². The number of fused-ring (bicyclic) bond motifs is 5. The van der Waals surface area contributed by atoms with Crippen molar-refractivity contribution in [1.82, 2.24) is 4.90 Å². The van der Waals surface area contributed by atoms with E-state index in [2.05, 4.69) is 0 Å². The molecule has 1 amide bonds. The molecule has 3 aliphatic rings. The molecule has 6 nitrogen and oxygen atoms in total. The standard InChI is InChI=1S/C27H22ClNO5/c1-26(23(30)17-6-9-18(28)10-7-17)22-21-19-5-3-2-4-16(19)8-11-20(21)34-25(32)27(22,26)24(31)29-12-14-33-15-13-29/h2-11,22H,12-15H2,1H3. The summed E-state index contributed by atoms with van der Waals surface area (Å²) in [4.78, 5) is 43.4. The number of hydrogen-bond donors (Lipinski definition) is 0. The summed E-state index contributed by atoms with van der Waals surface area (Å²) in [5, 5.41) is 2.34. The van der Waals surface area contributed by atoms with Gasteiger partial charge in [-0.25, -0.2) is 0 Å². The van der Waals surface area contributed by atoms with E-state index in [1.54, 1.807) is 42.2 Å². The molecule has 0 radical (unpaired) electrons. The van der Waals surface area contributed by atoms with Gasteiger partial charge in [-0.15, -0.1) is 0 Å². The first-order chi connectivity index (χ1) is 16.4. The Morgan fingerprint density at radius 2 is 1.71 bits per heavy atom. The molecule has 1 saturated carbocycles. The molecular formula is C27H22ClNO5. The summed E-state index contributed by atoms with van der Waals surface area (Å²) in [6.45, 7) is 3.25. The van der Waals surface area contributed by atoms with Crippen LogP contribution >= 0.6 is 11.6 Å². The summed E-state index contributed by atoms with van der Waals surface area (Å²) in [6, 6.07) is 18.0. The molecule has 2 heterocycles. The van der Waals surface area contributed by atoms with Crippen molar-refractivity contribution in [2.24, 2.45) is 10.8 Å². The lowest BCUT2D eigenvalue weighted by molar-refractivity contribution is -0.156. The van der Waals surface area contributed by atoms with Gasteiger partial charge in [0, 0.05) is 35.2 Å². The van der Waals surface area contributed by atoms with E-state index in [4.69, 9.17) is 21.1 Å². The van der Waals surface area contributed by atoms with Crippen molar-refractivity contribution in [3.8, 4) is 5.75 Å². The molecule has 3 aromatic carbocycles. The van der Waals surface area contributed by atoms with E-state index in [1.165, 1.54) is 0 Å². The molecule has 0 aromatic heterocycles. The van der Waals surface area contributed by atoms with Gasteiger partial charge in [-0.3, -0.25) is 14.4 Å². The molecule has 172 valence electrons. The van der Waals surface area contributed by atoms with Crippen LogP contribution < -0.4 is 4.74 Å². The fourth-order valence-corrected chi connectivity index (χ4v) is 6.08. The van der Waals surface area contributed by atoms with Crippen LogP contribution in [0.2, 0.25) is 5.02 Å². The molecule has 3 atom stereocenters. The first kappa shape index (κ1) is 21.3. The second-order valence-electron chi connectivity index (χ2n) is 9.27. The SMILES string of the molecule is CC1(C(=O)c2ccc(Cl)cc2)C2c3c(ccc4ccccc34)OC(=O)C21C(=O)N1CCOCC1. The number of rotatable bonds is 3. The number of ether oxygens (including phenoxy) is 2. The van der Waals surface area contributed by atoms with E-state index >= 15 is 0 Å². The molecule has 3 unspecified atom stereocenters. The van der Waals surface area contributed by atoms with Crippen molar-refractivity contribution in [2.75, 3.05) is 26.3 Å². The molecule has 0 N–H and O–H groups in total. The molecule has 1 saturated heterocycles. The molecule has 2 aliphatic heterocycles. The maximum Gasteiger partial charge on any atom is 0.328 e. The van der Waals surface area contributed by atoms with Gasteiger partial charge in [-0.2, -0.15) is 0 Å². The second-order valence-corrected chi connectivity index (χ2v) is 9.71. The number of carbonyl (C=O) groups is 3. The van der Waals surface area contributed by atoms with Gasteiger partial charge in [0.05, 0.1) is 18.6 Å². The van der Waals surface area contributed by atoms with Crippen LogP contribution in [0.4, 0.5) is 0 Å². The first-order valence-electron chi connectivity index (χ1n) is 11.3. The first-order valence-corrected chi connectivity index (χ1v) is 11.7. The number of esters is 1. The maximum absolute atomic E-state index is 14.1. The van der Waals surface area contributed by atoms with Crippen molar-refractivity contribution < 1.29 is 23.9 Å². The summed E-state index contributed by atoms with van der Waals surface area (Å²) < 4.78 is 11.2. The average molecular weight is 476 g/mol. The Bertz CT molecular complexity index is 1360. The summed E-state index contributed by atoms with van der Waals surface area (Å²) >= 11 is 6.04. The normalized spacial score (nSPS) is 27.5. The van der Waals surface area contributed by atoms with Gasteiger partial charge < -0.3 is 14.4 Å². The summed E-state index contributed by atoms with van der Waals surface area (Å²) in [6.07, 6.45) is 0. The molecule has 0 bridgehead atoms. The maximum atomic E-state index is 14.1. The quantitative estimate of drug-likeness (QED) is 0.245. The number of hydrogen-bond acceptors (Lipinski definition) is 5. The van der Waals surface area contributed by atoms with Gasteiger partial charge in [-0.1, -0.05) is 41.9 Å². The Morgan fingerprint density at radius 3 is 2.44 bits per heavy atom. The van der Waals surface area contributed by atoms with E-state index in [0.29, 0.717) is 42.6 Å². The number of amides is 1. The van der Waals surface area contributed by atoms with Crippen LogP contribution in [0.25, 0.3) is 10.8 Å². The van der Waals surface area contributed by atoms with Crippen LogP contribution in [0.5, 0.6) is 5.75 Å². The summed E-state index contributed by atoms with van der Waals surface area (Å²) in [5.74, 6) is -1.53. The second kappa shape index (κ2) is 7.39. The smallest absolute Gasteiger partial charge is 0.328 e. The Balaban J connectivity index is 1.57. The zero-order valence-corrected chi connectivity index (χ0v) is 19.3. The van der Waals surface area contributed by atoms with Crippen LogP contribution in [0.3, 0.4) is 0 Å². The average Bonchev–Trinajstić information content (AvgIpc) is 3.46. The molecule has 34 heavy (non-hydrogen) atoms. The fraction of sp³-hybridized carbons (Fsp3) is 0.296. The molecular weight excluding hydrogens is 454 g/mol. The highest BCUT2D eigenvalue weighted by Crippen LogP contribution is 2.79. The third kappa shape index (κ3) is 2.64. The van der Waals surface area contributed by atoms with E-state index in [-0.39, 0.29) is 11.7 Å². The Kier molecular flexibility index (Phi) is 4.63. The van der Waals surface area contributed by atoms with E-state index in [9.17, 15) is 14.4 Å². The third-order valence-corrected chi connectivity index (χ3v) is 7.96. The zero-order chi connectivity index (χ0) is 23.7. The Hall–Kier alpha value is -3.22. The number of morpholine rings is 1. The van der Waals surface area contributed by atoms with Crippen LogP contribution in [0.1, 0.15) is 28.8 Å². The molecule has 2 fully saturated rings. The monoisotopic (exact) mass is 475 g/mol. The van der Waals surface area contributed by atoms with Crippen LogP contribution in [0.15, 0.2) is 60.7 Å². The van der Waals surface area contributed by atoms with Crippen LogP contribution in [0, 0.1) is 10.8 Å². The van der Waals surface area contributed by atoms with Gasteiger partial charge in [0.25, 0.3) is 0 Å². The number of nitrogens with zero attached hydrogens (tertiary/aromatic N) is 1. The zero-order valence-electron chi connectivity index (χ0n) is 18.5. The highest BCUT2D eigenvalue weighted by atomic mass is 35.5. The Morgan fingerprint density at radius 1 is 1.00 bits per heavy atom. The number of carbonyl (C=O) groups excluding carboxylic acids is 3. The summed E-state index contributed by atoms with van der Waals surface area (Å²) in [5.41, 5.74) is -1.78. The molecule has 7 heteroatoms. The third-order valence-electron chi connectivity index (χ3n) is 7.70. The topological polar surface area (TPSA) is 72.9 Å². The number of halogens is 1. The van der Waals surface area contributed by atoms with Crippen LogP contribution in [-0.4, -0.2) is 48.9 Å². The lowest BCUT2D eigenvalue weighted by Gasteiger charge is -2.32. The van der Waals surface area contributed by atoms with Gasteiger partial charge in [0.15, 0.2) is 11.2 Å². The predicted octanol–water partition coefficient (Wildman–Crippen LogP) is 4.24. The van der Waals surface area contributed by atoms with Crippen molar-refractivity contribution in [2.45, 2.75) is 12.8 Å². The van der Waals surface area contributed by atoms with E-state index in [1.807, 2.05) is 30.3 Å². The highest BCUT2D eigenvalue weighted by Gasteiger charge is 2.88. The predicted molar refractivity (Wildman–Crippen MR) is 126 cm³/mol. The number of ketones is 1. The van der Waals surface area contributed by atoms with Gasteiger partial charge in [-0.05, 0) is 48.0 Å². The van der Waals surface area contributed by atoms with E-state index in [0.717, 1.165) is 16.3 Å². The minimum Gasteiger partial charge on any atom is -0.425 e. The van der Waals surface area contributed by atoms with Gasteiger partial charge >= 0.3 is 5.97 Å². The van der Waals surface area contributed by atoms with Crippen molar-refractivity contribution in [3.05, 3.63) is 76.8 Å². The highest BCUT2D eigenvalue weighted by molar-refractivity contribution is 6.30. The molecule has 6 rings (SSSR count). The van der Waals surface area contributed by atoms with Crippen LogP contribution in [-0.2, 0) is 14.3 Å². The molecule has 0 spiro atoms. The molecule has 1 aliphatic carbocycles. The lowest BCUT2D eigenvalue weighted by atomic mass is 9.86. The summed E-state index contributed by atoms with van der Waals surface area (Å²) in [7, 11) is 0. The number of benzene rings is 3. The van der Waals surface area contributed by atoms with Gasteiger partial charge in [0.1, 0.15) is 5.75 Å². The van der Waals surface area contributed by atoms with Gasteiger partial charge in [0.2, 0.25) is 5.91 Å². The van der Waals surface area contributed by atoms with Crippen molar-refractivity contribution >= 4 is 40.0 Å². The van der Waals surface area contributed by atoms with E-state index < -0.39 is 22.7 Å². The largest absolute Gasteiger partial charge is 0.425 e. The Labute approximate surface area is 201 Å².